The number of hydrogen-bond acceptors (Lipinski definition) is 2. The first-order chi connectivity index (χ1) is 34.8. The lowest BCUT2D eigenvalue weighted by molar-refractivity contribution is 0.331. The lowest BCUT2D eigenvalue weighted by Crippen LogP contribution is -2.62. The smallest absolute Gasteiger partial charge is 0.329 e. The van der Waals surface area contributed by atoms with Crippen molar-refractivity contribution in [2.45, 2.75) is 186 Å². The summed E-state index contributed by atoms with van der Waals surface area (Å²) in [5.41, 5.74) is 30.6. The van der Waals surface area contributed by atoms with Crippen LogP contribution in [0.2, 0.25) is 0 Å². The largest absolute Gasteiger partial charge is 0.455 e. The summed E-state index contributed by atoms with van der Waals surface area (Å²) in [5, 5.41) is 2.42. The first-order valence-corrected chi connectivity index (χ1v) is 28.4. The maximum Gasteiger partial charge on any atom is 0.329 e. The summed E-state index contributed by atoms with van der Waals surface area (Å²) in [6, 6.07) is 44.5. The van der Waals surface area contributed by atoms with Crippen molar-refractivity contribution < 1.29 is 4.42 Å². The normalized spacial score (nSPS) is 22.0. The number of para-hydroxylation sites is 1. The molecule has 0 saturated carbocycles. The van der Waals surface area contributed by atoms with Crippen LogP contribution in [0.15, 0.2) is 114 Å². The quantitative estimate of drug-likeness (QED) is 0.161. The minimum atomic E-state index is -0.174. The average molecular weight is 970 g/mol. The van der Waals surface area contributed by atoms with Crippen molar-refractivity contribution in [3.63, 3.8) is 0 Å². The molecule has 0 radical (unpaired) electrons. The van der Waals surface area contributed by atoms with Crippen LogP contribution in [-0.2, 0) is 37.9 Å². The molecule has 8 aromatic rings. The summed E-state index contributed by atoms with van der Waals surface area (Å²) in [6.07, 6.45) is 7.06. The van der Waals surface area contributed by atoms with Gasteiger partial charge in [0.15, 0.2) is 0 Å². The fourth-order valence-electron chi connectivity index (χ4n) is 16.1. The van der Waals surface area contributed by atoms with Crippen LogP contribution in [0, 0.1) is 6.92 Å². The monoisotopic (exact) mass is 970 g/mol. The number of benzene rings is 7. The fourth-order valence-corrected chi connectivity index (χ4v) is 16.1. The molecule has 14 rings (SSSR count). The average Bonchev–Trinajstić information content (AvgIpc) is 3.88. The third-order valence-corrected chi connectivity index (χ3v) is 21.1. The van der Waals surface area contributed by atoms with E-state index < -0.39 is 0 Å². The van der Waals surface area contributed by atoms with Crippen LogP contribution in [0.3, 0.4) is 0 Å². The Bertz CT molecular complexity index is 3810. The molecule has 6 aliphatic rings. The summed E-state index contributed by atoms with van der Waals surface area (Å²) in [4.78, 5) is 2.85. The molecule has 0 fully saturated rings. The molecule has 0 N–H and O–H groups in total. The van der Waals surface area contributed by atoms with Crippen molar-refractivity contribution in [2.75, 3.05) is 4.81 Å². The Kier molecular flexibility index (Phi) is 9.20. The van der Waals surface area contributed by atoms with E-state index in [1.165, 1.54) is 148 Å². The van der Waals surface area contributed by atoms with Gasteiger partial charge >= 0.3 is 6.85 Å². The summed E-state index contributed by atoms with van der Waals surface area (Å²) in [5.74, 6) is -0.0138. The van der Waals surface area contributed by atoms with Gasteiger partial charge in [-0.15, -0.1) is 0 Å². The van der Waals surface area contributed by atoms with Gasteiger partial charge in [0.2, 0.25) is 0 Å². The van der Waals surface area contributed by atoms with E-state index in [9.17, 15) is 0 Å². The van der Waals surface area contributed by atoms with E-state index in [0.29, 0.717) is 0 Å². The van der Waals surface area contributed by atoms with Crippen molar-refractivity contribution >= 4 is 51.1 Å². The van der Waals surface area contributed by atoms with Crippen molar-refractivity contribution in [1.29, 1.82) is 0 Å². The third-order valence-electron chi connectivity index (χ3n) is 21.1. The molecule has 0 amide bonds. The fraction of sp³-hybridized carbons (Fsp3) is 0.408. The van der Waals surface area contributed by atoms with Crippen molar-refractivity contribution in [1.82, 2.24) is 0 Å². The van der Waals surface area contributed by atoms with Gasteiger partial charge in [0.25, 0.3) is 0 Å². The minimum absolute atomic E-state index is 0.0138. The number of rotatable bonds is 2. The first-order valence-electron chi connectivity index (χ1n) is 28.4. The molecular weight excluding hydrogens is 894 g/mol. The zero-order valence-corrected chi connectivity index (χ0v) is 47.1. The molecule has 0 spiro atoms. The van der Waals surface area contributed by atoms with Gasteiger partial charge in [-0.3, -0.25) is 0 Å². The van der Waals surface area contributed by atoms with Gasteiger partial charge in [-0.25, -0.2) is 0 Å². The predicted octanol–water partition coefficient (Wildman–Crippen LogP) is 17.7. The van der Waals surface area contributed by atoms with Crippen LogP contribution in [0.25, 0.3) is 44.2 Å². The second-order valence-electron chi connectivity index (χ2n) is 28.8. The highest BCUT2D eigenvalue weighted by Crippen LogP contribution is 2.58. The zero-order valence-electron chi connectivity index (χ0n) is 47.1. The minimum Gasteiger partial charge on any atom is -0.455 e. The Morgan fingerprint density at radius 3 is 1.69 bits per heavy atom. The first kappa shape index (κ1) is 46.7. The van der Waals surface area contributed by atoms with E-state index in [0.717, 1.165) is 24.0 Å². The molecule has 3 heteroatoms. The number of aryl methyl sites for hydroxylation is 1. The zero-order chi connectivity index (χ0) is 51.8. The van der Waals surface area contributed by atoms with Crippen molar-refractivity contribution in [2.24, 2.45) is 0 Å². The maximum absolute atomic E-state index is 7.39. The molecule has 2 nitrogen and oxygen atoms in total. The van der Waals surface area contributed by atoms with Crippen LogP contribution in [0.4, 0.5) is 11.4 Å². The Labute approximate surface area is 442 Å². The summed E-state index contributed by atoms with van der Waals surface area (Å²) in [6.45, 7) is 37.1. The molecule has 74 heavy (non-hydrogen) atoms. The van der Waals surface area contributed by atoms with Gasteiger partial charge in [0.05, 0.1) is 0 Å². The molecule has 0 bridgehead atoms. The second kappa shape index (κ2) is 14.6. The Morgan fingerprint density at radius 2 is 1.01 bits per heavy atom. The van der Waals surface area contributed by atoms with Gasteiger partial charge in [0.1, 0.15) is 11.2 Å². The van der Waals surface area contributed by atoms with Gasteiger partial charge < -0.3 is 9.23 Å². The molecule has 1 aromatic heterocycles. The van der Waals surface area contributed by atoms with E-state index in [1.54, 1.807) is 0 Å². The van der Waals surface area contributed by atoms with E-state index in [1.807, 2.05) is 0 Å². The van der Waals surface area contributed by atoms with Gasteiger partial charge in [-0.2, -0.15) is 0 Å². The molecule has 2 aliphatic heterocycles. The third kappa shape index (κ3) is 6.13. The number of anilines is 2. The van der Waals surface area contributed by atoms with Crippen molar-refractivity contribution in [3.8, 4) is 22.3 Å². The van der Waals surface area contributed by atoms with E-state index >= 15 is 0 Å². The Hall–Kier alpha value is -5.80. The lowest BCUT2D eigenvalue weighted by Gasteiger charge is -2.48. The number of hydrogen-bond donors (Lipinski definition) is 0. The van der Waals surface area contributed by atoms with Crippen LogP contribution in [0.5, 0.6) is 0 Å². The number of furan rings is 1. The van der Waals surface area contributed by atoms with Gasteiger partial charge in [-0.1, -0.05) is 170 Å². The second-order valence-corrected chi connectivity index (χ2v) is 28.8. The lowest BCUT2D eigenvalue weighted by atomic mass is 9.39. The molecule has 7 aromatic carbocycles. The van der Waals surface area contributed by atoms with E-state index in [4.69, 9.17) is 4.42 Å². The highest BCUT2D eigenvalue weighted by atomic mass is 16.3. The van der Waals surface area contributed by atoms with E-state index in [-0.39, 0.29) is 50.7 Å². The summed E-state index contributed by atoms with van der Waals surface area (Å²) >= 11 is 0. The molecule has 374 valence electrons. The van der Waals surface area contributed by atoms with E-state index in [2.05, 4.69) is 218 Å². The molecule has 1 atom stereocenters. The number of fused-ring (bicyclic) bond motifs is 14. The Balaban J connectivity index is 1.18. The molecule has 0 saturated heterocycles. The summed E-state index contributed by atoms with van der Waals surface area (Å²) < 4.78 is 7.39. The van der Waals surface area contributed by atoms with Crippen LogP contribution >= 0.6 is 0 Å². The highest BCUT2D eigenvalue weighted by molar-refractivity contribution is 6.92. The van der Waals surface area contributed by atoms with Crippen LogP contribution in [0.1, 0.15) is 208 Å². The molecule has 4 aliphatic carbocycles. The maximum atomic E-state index is 7.39. The predicted molar refractivity (Wildman–Crippen MR) is 315 cm³/mol. The molecular formula is C71H76BNO. The molecule has 3 heterocycles. The van der Waals surface area contributed by atoms with Crippen molar-refractivity contribution in [3.05, 3.63) is 176 Å². The van der Waals surface area contributed by atoms with Crippen LogP contribution in [-0.4, -0.2) is 6.85 Å². The highest BCUT2D eigenvalue weighted by Gasteiger charge is 2.51. The SMILES string of the molecule is Cc1cc2c(cc1C1c3cc4c(cc3B3c5c1cc1c(oc6ccccc61)c5-c1cc5c(cc1N3c1ccc3c(c1)C(C)(C)CCC3(C)C)C(C)(C)CCC5(C)C)C(C)(C)c1ccccc1-4)C(C)(C)CCC2(C)C. The molecule has 1 unspecified atom stereocenters. The van der Waals surface area contributed by atoms with Crippen LogP contribution < -0.4 is 15.7 Å². The number of nitrogens with zero attached hydrogens (tertiary/aromatic N) is 1. The van der Waals surface area contributed by atoms with Gasteiger partial charge in [0, 0.05) is 44.6 Å². The standard InChI is InChI=1S/C71H76BNO/c1-40-32-53-55(68(8,9)29-28-66(53,4)5)36-44(40)61-47-34-45-42-20-16-18-22-50(42)71(14,15)52(45)38-58(47)72-63-49(61)35-46-43-21-17-19-23-60(43)74-64(46)62(63)48-37-56-57(70(12,13)31-30-69(56,10)11)39-59(48)73(72)41-24-25-51-54(33-41)67(6,7)27-26-65(51,2)3/h16-25,32-39,61H,26-31H2,1-15H3. The Morgan fingerprint density at radius 1 is 0.446 bits per heavy atom. The topological polar surface area (TPSA) is 16.4 Å². The van der Waals surface area contributed by atoms with Gasteiger partial charge in [-0.05, 0) is 203 Å². The summed E-state index contributed by atoms with van der Waals surface area (Å²) in [7, 11) is 0.